The Kier molecular flexibility index (Phi) is 6.19. The molecule has 2 aromatic carbocycles. The maximum atomic E-state index is 12.9. The van der Waals surface area contributed by atoms with Crippen LogP contribution in [0, 0.1) is 10.1 Å². The number of ether oxygens (including phenoxy) is 1. The molecule has 32 heavy (non-hydrogen) atoms. The Balaban J connectivity index is 1.62. The summed E-state index contributed by atoms with van der Waals surface area (Å²) in [7, 11) is 1.28. The number of rotatable bonds is 7. The first-order valence-corrected chi connectivity index (χ1v) is 9.48. The SMILES string of the molecule is COC(=O)c1ccc(CNC(=O)CN2C(=O)NC(C)(c3ccc([N+](=O)[O-])cc3)C2=O)cc1. The summed E-state index contributed by atoms with van der Waals surface area (Å²) in [5, 5.41) is 16.0. The maximum absolute atomic E-state index is 12.9. The molecular formula is C21H20N4O7. The van der Waals surface area contributed by atoms with Gasteiger partial charge >= 0.3 is 12.0 Å². The number of nitro benzene ring substituents is 1. The minimum atomic E-state index is -1.45. The Hall–Kier alpha value is -4.28. The lowest BCUT2D eigenvalue weighted by molar-refractivity contribution is -0.384. The summed E-state index contributed by atoms with van der Waals surface area (Å²) in [4.78, 5) is 60.0. The number of non-ortho nitro benzene ring substituents is 1. The van der Waals surface area contributed by atoms with E-state index in [-0.39, 0.29) is 12.2 Å². The summed E-state index contributed by atoms with van der Waals surface area (Å²) < 4.78 is 4.62. The highest BCUT2D eigenvalue weighted by Gasteiger charge is 2.49. The predicted octanol–water partition coefficient (Wildman–Crippen LogP) is 1.46. The van der Waals surface area contributed by atoms with Crippen LogP contribution in [0.4, 0.5) is 10.5 Å². The Morgan fingerprint density at radius 2 is 1.75 bits per heavy atom. The topological polar surface area (TPSA) is 148 Å². The number of hydrogen-bond donors (Lipinski definition) is 2. The number of methoxy groups -OCH3 is 1. The second-order valence-electron chi connectivity index (χ2n) is 7.22. The summed E-state index contributed by atoms with van der Waals surface area (Å²) in [6.45, 7) is 1.10. The first-order chi connectivity index (χ1) is 15.2. The van der Waals surface area contributed by atoms with Crippen LogP contribution in [0.25, 0.3) is 0 Å². The van der Waals surface area contributed by atoms with Gasteiger partial charge in [-0.15, -0.1) is 0 Å². The summed E-state index contributed by atoms with van der Waals surface area (Å²) in [6, 6.07) is 10.9. The molecule has 1 atom stereocenters. The van der Waals surface area contributed by atoms with Crippen molar-refractivity contribution < 1.29 is 28.8 Å². The van der Waals surface area contributed by atoms with Gasteiger partial charge in [-0.05, 0) is 42.3 Å². The van der Waals surface area contributed by atoms with Gasteiger partial charge in [0.2, 0.25) is 5.91 Å². The molecule has 11 nitrogen and oxygen atoms in total. The molecule has 0 bridgehead atoms. The van der Waals surface area contributed by atoms with Gasteiger partial charge in [0.25, 0.3) is 11.6 Å². The average molecular weight is 440 g/mol. The third-order valence-corrected chi connectivity index (χ3v) is 5.10. The van der Waals surface area contributed by atoms with Crippen molar-refractivity contribution in [3.8, 4) is 0 Å². The summed E-state index contributed by atoms with van der Waals surface area (Å²) in [5.41, 5.74) is -0.165. The number of esters is 1. The zero-order chi connectivity index (χ0) is 23.5. The van der Waals surface area contributed by atoms with Crippen molar-refractivity contribution in [3.05, 3.63) is 75.3 Å². The Bertz CT molecular complexity index is 1080. The quantitative estimate of drug-likeness (QED) is 0.287. The highest BCUT2D eigenvalue weighted by molar-refractivity contribution is 6.09. The molecule has 0 saturated carbocycles. The van der Waals surface area contributed by atoms with Crippen LogP contribution in [0.5, 0.6) is 0 Å². The Morgan fingerprint density at radius 1 is 1.12 bits per heavy atom. The standard InChI is InChI=1S/C21H20N4O7/c1-21(15-7-9-16(10-8-15)25(30)31)19(28)24(20(29)23-21)12-17(26)22-11-13-3-5-14(6-4-13)18(27)32-2/h3-10H,11-12H2,1-2H3,(H,22,26)(H,23,29). The monoisotopic (exact) mass is 440 g/mol. The molecule has 0 aliphatic carbocycles. The molecule has 1 fully saturated rings. The number of nitrogens with one attached hydrogen (secondary N) is 2. The molecule has 3 rings (SSSR count). The van der Waals surface area contributed by atoms with Gasteiger partial charge in [-0.25, -0.2) is 9.59 Å². The van der Waals surface area contributed by atoms with Gasteiger partial charge in [0.15, 0.2) is 0 Å². The normalized spacial score (nSPS) is 17.6. The van der Waals surface area contributed by atoms with E-state index in [1.165, 1.54) is 38.3 Å². The number of imide groups is 1. The van der Waals surface area contributed by atoms with E-state index in [1.807, 2.05) is 0 Å². The van der Waals surface area contributed by atoms with Crippen molar-refractivity contribution in [2.24, 2.45) is 0 Å². The Morgan fingerprint density at radius 3 is 2.31 bits per heavy atom. The average Bonchev–Trinajstić information content (AvgIpc) is 3.01. The molecule has 11 heteroatoms. The fraction of sp³-hybridized carbons (Fsp3) is 0.238. The van der Waals surface area contributed by atoms with E-state index in [4.69, 9.17) is 0 Å². The number of urea groups is 1. The van der Waals surface area contributed by atoms with Crippen LogP contribution in [0.3, 0.4) is 0 Å². The number of amides is 4. The zero-order valence-corrected chi connectivity index (χ0v) is 17.3. The van der Waals surface area contributed by atoms with Crippen LogP contribution >= 0.6 is 0 Å². The molecule has 1 aliphatic heterocycles. The van der Waals surface area contributed by atoms with E-state index < -0.39 is 40.8 Å². The molecule has 0 spiro atoms. The Labute approximate surface area is 182 Å². The highest BCUT2D eigenvalue weighted by atomic mass is 16.6. The van der Waals surface area contributed by atoms with E-state index in [1.54, 1.807) is 24.3 Å². The van der Waals surface area contributed by atoms with Crippen LogP contribution in [-0.2, 0) is 26.4 Å². The minimum Gasteiger partial charge on any atom is -0.465 e. The van der Waals surface area contributed by atoms with E-state index >= 15 is 0 Å². The van der Waals surface area contributed by atoms with Crippen molar-refractivity contribution in [1.82, 2.24) is 15.5 Å². The van der Waals surface area contributed by atoms with E-state index in [9.17, 15) is 29.3 Å². The van der Waals surface area contributed by atoms with Crippen LogP contribution < -0.4 is 10.6 Å². The molecule has 4 amide bonds. The molecule has 0 radical (unpaired) electrons. The van der Waals surface area contributed by atoms with E-state index in [2.05, 4.69) is 15.4 Å². The largest absolute Gasteiger partial charge is 0.465 e. The third kappa shape index (κ3) is 4.41. The molecule has 1 aliphatic rings. The number of nitrogens with zero attached hydrogens (tertiary/aromatic N) is 2. The molecule has 1 unspecified atom stereocenters. The number of hydrogen-bond acceptors (Lipinski definition) is 7. The fourth-order valence-corrected chi connectivity index (χ4v) is 3.23. The van der Waals surface area contributed by atoms with Crippen molar-refractivity contribution in [2.75, 3.05) is 13.7 Å². The lowest BCUT2D eigenvalue weighted by Gasteiger charge is -2.22. The third-order valence-electron chi connectivity index (χ3n) is 5.10. The fourth-order valence-electron chi connectivity index (χ4n) is 3.23. The van der Waals surface area contributed by atoms with Gasteiger partial charge < -0.3 is 15.4 Å². The number of carbonyl (C=O) groups is 4. The van der Waals surface area contributed by atoms with E-state index in [0.29, 0.717) is 16.7 Å². The summed E-state index contributed by atoms with van der Waals surface area (Å²) in [5.74, 6) is -1.68. The lowest BCUT2D eigenvalue weighted by Crippen LogP contribution is -2.43. The first-order valence-electron chi connectivity index (χ1n) is 9.48. The lowest BCUT2D eigenvalue weighted by atomic mass is 9.92. The molecule has 1 heterocycles. The minimum absolute atomic E-state index is 0.129. The number of benzene rings is 2. The molecule has 166 valence electrons. The molecular weight excluding hydrogens is 420 g/mol. The highest BCUT2D eigenvalue weighted by Crippen LogP contribution is 2.29. The second kappa shape index (κ2) is 8.84. The van der Waals surface area contributed by atoms with Gasteiger partial charge in [-0.2, -0.15) is 0 Å². The molecule has 1 saturated heterocycles. The molecule has 2 aromatic rings. The van der Waals surface area contributed by atoms with E-state index in [0.717, 1.165) is 4.90 Å². The summed E-state index contributed by atoms with van der Waals surface area (Å²) >= 11 is 0. The van der Waals surface area contributed by atoms with Crippen LogP contribution in [-0.4, -0.2) is 47.3 Å². The summed E-state index contributed by atoms with van der Waals surface area (Å²) in [6.07, 6.45) is 0. The van der Waals surface area contributed by atoms with Crippen LogP contribution in [0.15, 0.2) is 48.5 Å². The number of nitro groups is 1. The second-order valence-corrected chi connectivity index (χ2v) is 7.22. The first kappa shape index (κ1) is 22.4. The van der Waals surface area contributed by atoms with Crippen LogP contribution in [0.2, 0.25) is 0 Å². The molecule has 0 aromatic heterocycles. The maximum Gasteiger partial charge on any atom is 0.337 e. The van der Waals surface area contributed by atoms with Crippen molar-refractivity contribution in [3.63, 3.8) is 0 Å². The van der Waals surface area contributed by atoms with Gasteiger partial charge in [-0.3, -0.25) is 24.6 Å². The predicted molar refractivity (Wildman–Crippen MR) is 110 cm³/mol. The molecule has 2 N–H and O–H groups in total. The van der Waals surface area contributed by atoms with Crippen molar-refractivity contribution in [2.45, 2.75) is 19.0 Å². The van der Waals surface area contributed by atoms with Gasteiger partial charge in [0.1, 0.15) is 12.1 Å². The van der Waals surface area contributed by atoms with Crippen molar-refractivity contribution in [1.29, 1.82) is 0 Å². The number of carbonyl (C=O) groups excluding carboxylic acids is 4. The van der Waals surface area contributed by atoms with Gasteiger partial charge in [0, 0.05) is 18.7 Å². The van der Waals surface area contributed by atoms with Crippen molar-refractivity contribution >= 4 is 29.5 Å². The zero-order valence-electron chi connectivity index (χ0n) is 17.3. The van der Waals surface area contributed by atoms with Gasteiger partial charge in [0.05, 0.1) is 17.6 Å². The smallest absolute Gasteiger partial charge is 0.337 e. The van der Waals surface area contributed by atoms with Crippen LogP contribution in [0.1, 0.15) is 28.4 Å². The van der Waals surface area contributed by atoms with Gasteiger partial charge in [-0.1, -0.05) is 12.1 Å².